The zero-order chi connectivity index (χ0) is 14.0. The highest BCUT2D eigenvalue weighted by molar-refractivity contribution is 6.04. The number of carbonyl (C=O) groups excluding carboxylic acids is 1. The van der Waals surface area contributed by atoms with E-state index in [1.807, 2.05) is 6.92 Å². The molecule has 0 aromatic heterocycles. The van der Waals surface area contributed by atoms with E-state index < -0.39 is 5.41 Å². The van der Waals surface area contributed by atoms with Gasteiger partial charge in [-0.15, -0.1) is 0 Å². The number of Topliss-reactive ketones (excluding diaryl/α,β-unsaturated/α-hetero) is 1. The summed E-state index contributed by atoms with van der Waals surface area (Å²) < 4.78 is 15.7. The number of rotatable bonds is 5. The summed E-state index contributed by atoms with van der Waals surface area (Å²) in [6, 6.07) is 3.52. The van der Waals surface area contributed by atoms with Crippen LogP contribution in [0.2, 0.25) is 0 Å². The van der Waals surface area contributed by atoms with Gasteiger partial charge < -0.3 is 19.9 Å². The van der Waals surface area contributed by atoms with Crippen LogP contribution in [0.25, 0.3) is 0 Å². The van der Waals surface area contributed by atoms with Crippen molar-refractivity contribution in [3.63, 3.8) is 0 Å². The molecule has 0 saturated carbocycles. The lowest BCUT2D eigenvalue weighted by Crippen LogP contribution is -2.54. The van der Waals surface area contributed by atoms with Crippen LogP contribution in [0.5, 0.6) is 11.5 Å². The molecule has 0 unspecified atom stereocenters. The van der Waals surface area contributed by atoms with Gasteiger partial charge in [-0.1, -0.05) is 0 Å². The molecular weight excluding hydrogens is 246 g/mol. The van der Waals surface area contributed by atoms with E-state index in [0.29, 0.717) is 30.3 Å². The first kappa shape index (κ1) is 13.8. The van der Waals surface area contributed by atoms with Gasteiger partial charge in [0, 0.05) is 6.54 Å². The van der Waals surface area contributed by atoms with Gasteiger partial charge in [0.2, 0.25) is 0 Å². The average Bonchev–Trinajstić information content (AvgIpc) is 2.37. The van der Waals surface area contributed by atoms with Gasteiger partial charge in [0.1, 0.15) is 11.5 Å². The van der Waals surface area contributed by atoms with Gasteiger partial charge in [-0.05, 0) is 24.6 Å². The van der Waals surface area contributed by atoms with E-state index in [1.165, 1.54) is 0 Å². The highest BCUT2D eigenvalue weighted by atomic mass is 16.5. The third-order valence-electron chi connectivity index (χ3n) is 3.59. The van der Waals surface area contributed by atoms with Crippen LogP contribution >= 0.6 is 0 Å². The molecule has 1 aromatic rings. The topological polar surface area (TPSA) is 70.8 Å². The highest BCUT2D eigenvalue weighted by Crippen LogP contribution is 2.36. The summed E-state index contributed by atoms with van der Waals surface area (Å²) in [5.41, 5.74) is 6.53. The van der Waals surface area contributed by atoms with Crippen molar-refractivity contribution in [2.75, 3.05) is 34.0 Å². The molecule has 19 heavy (non-hydrogen) atoms. The van der Waals surface area contributed by atoms with Crippen molar-refractivity contribution in [2.24, 2.45) is 11.1 Å². The number of aryl methyl sites for hydroxylation is 1. The number of ether oxygens (including phenoxy) is 3. The SMILES string of the molecule is COc1cc(C(=O)C2(CN)COC2)c(OC)cc1C. The molecule has 1 heterocycles. The summed E-state index contributed by atoms with van der Waals surface area (Å²) in [4.78, 5) is 12.6. The first-order valence-electron chi connectivity index (χ1n) is 6.13. The molecule has 1 saturated heterocycles. The number of carbonyl (C=O) groups is 1. The van der Waals surface area contributed by atoms with Crippen LogP contribution in [0.1, 0.15) is 15.9 Å². The zero-order valence-corrected chi connectivity index (χ0v) is 11.5. The van der Waals surface area contributed by atoms with Crippen LogP contribution in [0.15, 0.2) is 12.1 Å². The first-order chi connectivity index (χ1) is 9.07. The third-order valence-corrected chi connectivity index (χ3v) is 3.59. The molecule has 0 spiro atoms. The molecule has 104 valence electrons. The fourth-order valence-corrected chi connectivity index (χ4v) is 2.20. The minimum absolute atomic E-state index is 0.0450. The first-order valence-corrected chi connectivity index (χ1v) is 6.13. The van der Waals surface area contributed by atoms with Crippen molar-refractivity contribution < 1.29 is 19.0 Å². The van der Waals surface area contributed by atoms with Gasteiger partial charge in [-0.3, -0.25) is 4.79 Å². The van der Waals surface area contributed by atoms with Gasteiger partial charge in [0.15, 0.2) is 5.78 Å². The quantitative estimate of drug-likeness (QED) is 0.809. The lowest BCUT2D eigenvalue weighted by Gasteiger charge is -2.39. The minimum atomic E-state index is -0.618. The van der Waals surface area contributed by atoms with Crippen molar-refractivity contribution in [2.45, 2.75) is 6.92 Å². The van der Waals surface area contributed by atoms with E-state index in [1.54, 1.807) is 26.4 Å². The Morgan fingerprint density at radius 3 is 2.37 bits per heavy atom. The summed E-state index contributed by atoms with van der Waals surface area (Å²) in [5, 5.41) is 0. The largest absolute Gasteiger partial charge is 0.496 e. The Balaban J connectivity index is 2.45. The standard InChI is InChI=1S/C14H19NO4/c1-9-4-12(18-3)10(5-11(9)17-2)13(16)14(6-15)7-19-8-14/h4-5H,6-8,15H2,1-3H3. The van der Waals surface area contributed by atoms with E-state index in [0.717, 1.165) is 5.56 Å². The second-order valence-electron chi connectivity index (χ2n) is 4.83. The Hall–Kier alpha value is -1.59. The molecule has 0 radical (unpaired) electrons. The summed E-state index contributed by atoms with van der Waals surface area (Å²) in [6.07, 6.45) is 0. The Bertz CT molecular complexity index is 489. The second-order valence-corrected chi connectivity index (χ2v) is 4.83. The van der Waals surface area contributed by atoms with Crippen molar-refractivity contribution in [3.8, 4) is 11.5 Å². The molecule has 0 atom stereocenters. The van der Waals surface area contributed by atoms with Crippen molar-refractivity contribution >= 4 is 5.78 Å². The lowest BCUT2D eigenvalue weighted by molar-refractivity contribution is -0.0816. The van der Waals surface area contributed by atoms with Crippen molar-refractivity contribution in [1.82, 2.24) is 0 Å². The molecule has 1 aliphatic heterocycles. The Labute approximate surface area is 112 Å². The molecule has 1 fully saturated rings. The van der Waals surface area contributed by atoms with Crippen LogP contribution < -0.4 is 15.2 Å². The molecule has 2 N–H and O–H groups in total. The Kier molecular flexibility index (Phi) is 3.78. The maximum absolute atomic E-state index is 12.6. The molecule has 5 heteroatoms. The van der Waals surface area contributed by atoms with Crippen molar-refractivity contribution in [1.29, 1.82) is 0 Å². The molecule has 2 rings (SSSR count). The molecule has 5 nitrogen and oxygen atoms in total. The van der Waals surface area contributed by atoms with E-state index in [4.69, 9.17) is 19.9 Å². The summed E-state index contributed by atoms with van der Waals surface area (Å²) >= 11 is 0. The van der Waals surface area contributed by atoms with E-state index in [9.17, 15) is 4.79 Å². The Morgan fingerprint density at radius 1 is 1.32 bits per heavy atom. The van der Waals surface area contributed by atoms with E-state index in [-0.39, 0.29) is 12.3 Å². The molecule has 0 aliphatic carbocycles. The van der Waals surface area contributed by atoms with Crippen LogP contribution in [-0.2, 0) is 4.74 Å². The molecule has 1 aromatic carbocycles. The van der Waals surface area contributed by atoms with E-state index in [2.05, 4.69) is 0 Å². The van der Waals surface area contributed by atoms with Crippen LogP contribution in [0, 0.1) is 12.3 Å². The van der Waals surface area contributed by atoms with Crippen molar-refractivity contribution in [3.05, 3.63) is 23.3 Å². The number of methoxy groups -OCH3 is 2. The fourth-order valence-electron chi connectivity index (χ4n) is 2.20. The molecular formula is C14H19NO4. The number of benzene rings is 1. The van der Waals surface area contributed by atoms with E-state index >= 15 is 0 Å². The van der Waals surface area contributed by atoms with Gasteiger partial charge in [-0.25, -0.2) is 0 Å². The maximum Gasteiger partial charge on any atom is 0.178 e. The minimum Gasteiger partial charge on any atom is -0.496 e. The smallest absolute Gasteiger partial charge is 0.178 e. The maximum atomic E-state index is 12.6. The van der Waals surface area contributed by atoms with Crippen LogP contribution in [0.4, 0.5) is 0 Å². The predicted octanol–water partition coefficient (Wildman–Crippen LogP) is 1.17. The normalized spacial score (nSPS) is 16.6. The van der Waals surface area contributed by atoms with Crippen LogP contribution in [0.3, 0.4) is 0 Å². The highest BCUT2D eigenvalue weighted by Gasteiger charge is 2.45. The third kappa shape index (κ3) is 2.19. The zero-order valence-electron chi connectivity index (χ0n) is 11.5. The molecule has 0 bridgehead atoms. The monoisotopic (exact) mass is 265 g/mol. The number of hydrogen-bond donors (Lipinski definition) is 1. The summed E-state index contributed by atoms with van der Waals surface area (Å²) in [7, 11) is 3.12. The van der Waals surface area contributed by atoms with Gasteiger partial charge in [0.05, 0.1) is 38.4 Å². The number of ketones is 1. The summed E-state index contributed by atoms with van der Waals surface area (Å²) in [6.45, 7) is 2.90. The number of hydrogen-bond acceptors (Lipinski definition) is 5. The number of nitrogens with two attached hydrogens (primary N) is 1. The van der Waals surface area contributed by atoms with Gasteiger partial charge in [-0.2, -0.15) is 0 Å². The molecule has 0 amide bonds. The average molecular weight is 265 g/mol. The van der Waals surface area contributed by atoms with Gasteiger partial charge in [0.25, 0.3) is 0 Å². The van der Waals surface area contributed by atoms with Gasteiger partial charge >= 0.3 is 0 Å². The molecule has 1 aliphatic rings. The lowest BCUT2D eigenvalue weighted by atomic mass is 9.78. The second kappa shape index (κ2) is 5.19. The summed E-state index contributed by atoms with van der Waals surface area (Å²) in [5.74, 6) is 1.16. The Morgan fingerprint density at radius 2 is 1.95 bits per heavy atom. The fraction of sp³-hybridized carbons (Fsp3) is 0.500. The predicted molar refractivity (Wildman–Crippen MR) is 70.9 cm³/mol. The van der Waals surface area contributed by atoms with Crippen LogP contribution in [-0.4, -0.2) is 39.8 Å².